The highest BCUT2D eigenvalue weighted by molar-refractivity contribution is 5.03. The molecule has 2 fully saturated rings. The zero-order valence-corrected chi connectivity index (χ0v) is 6.93. The smallest absolute Gasteiger partial charge is 0.0991 e. The first-order chi connectivity index (χ1) is 5.75. The van der Waals surface area contributed by atoms with Gasteiger partial charge in [-0.1, -0.05) is 0 Å². The van der Waals surface area contributed by atoms with Gasteiger partial charge in [-0.25, -0.2) is 0 Å². The quantitative estimate of drug-likeness (QED) is 0.454. The molecule has 2 aliphatic heterocycles. The van der Waals surface area contributed by atoms with Crippen LogP contribution in [0, 0.1) is 0 Å². The van der Waals surface area contributed by atoms with Crippen molar-refractivity contribution in [3.8, 4) is 0 Å². The van der Waals surface area contributed by atoms with Crippen molar-refractivity contribution in [3.63, 3.8) is 0 Å². The number of rotatable bonds is 1. The summed E-state index contributed by atoms with van der Waals surface area (Å²) in [4.78, 5) is 2.02. The molecular weight excluding hydrogens is 158 g/mol. The molecule has 2 heterocycles. The summed E-state index contributed by atoms with van der Waals surface area (Å²) in [6.07, 6.45) is 0.574. The molecule has 0 bridgehead atoms. The molecule has 2 saturated heterocycles. The lowest BCUT2D eigenvalue weighted by Gasteiger charge is -2.21. The molecule has 4 heteroatoms. The van der Waals surface area contributed by atoms with Crippen LogP contribution in [-0.2, 0) is 0 Å². The van der Waals surface area contributed by atoms with Crippen molar-refractivity contribution < 1.29 is 15.3 Å². The fourth-order valence-corrected chi connectivity index (χ4v) is 2.46. The summed E-state index contributed by atoms with van der Waals surface area (Å²) in [7, 11) is 0. The van der Waals surface area contributed by atoms with Gasteiger partial charge in [0.1, 0.15) is 0 Å². The second-order valence-corrected chi connectivity index (χ2v) is 3.68. The van der Waals surface area contributed by atoms with Crippen molar-refractivity contribution in [2.24, 2.45) is 0 Å². The molecule has 0 aliphatic carbocycles. The van der Waals surface area contributed by atoms with Gasteiger partial charge in [-0.3, -0.25) is 4.90 Å². The molecule has 2 aliphatic rings. The van der Waals surface area contributed by atoms with Crippen LogP contribution < -0.4 is 0 Å². The minimum atomic E-state index is -0.764. The Hall–Kier alpha value is -0.160. The van der Waals surface area contributed by atoms with Crippen LogP contribution in [0.3, 0.4) is 0 Å². The number of aliphatic hydroxyl groups is 3. The van der Waals surface area contributed by atoms with E-state index in [-0.39, 0.29) is 18.7 Å². The van der Waals surface area contributed by atoms with Gasteiger partial charge in [0, 0.05) is 6.04 Å². The molecule has 12 heavy (non-hydrogen) atoms. The van der Waals surface area contributed by atoms with Gasteiger partial charge in [0.25, 0.3) is 0 Å². The summed E-state index contributed by atoms with van der Waals surface area (Å²) in [5.74, 6) is 0. The monoisotopic (exact) mass is 173 g/mol. The molecular formula is C8H15NO3. The first-order valence-electron chi connectivity index (χ1n) is 4.48. The van der Waals surface area contributed by atoms with Gasteiger partial charge in [0.05, 0.1) is 24.9 Å². The van der Waals surface area contributed by atoms with Crippen LogP contribution in [0.25, 0.3) is 0 Å². The summed E-state index contributed by atoms with van der Waals surface area (Å²) in [5, 5.41) is 28.1. The van der Waals surface area contributed by atoms with E-state index in [1.807, 2.05) is 4.90 Å². The fraction of sp³-hybridized carbons (Fsp3) is 1.00. The first kappa shape index (κ1) is 8.44. The van der Waals surface area contributed by atoms with Crippen molar-refractivity contribution in [2.75, 3.05) is 13.2 Å². The Labute approximate surface area is 71.4 Å². The highest BCUT2D eigenvalue weighted by Crippen LogP contribution is 2.32. The lowest BCUT2D eigenvalue weighted by atomic mass is 10.1. The fourth-order valence-electron chi connectivity index (χ4n) is 2.46. The summed E-state index contributed by atoms with van der Waals surface area (Å²) < 4.78 is 0. The predicted molar refractivity (Wildman–Crippen MR) is 42.6 cm³/mol. The first-order valence-corrected chi connectivity index (χ1v) is 4.48. The van der Waals surface area contributed by atoms with Crippen LogP contribution >= 0.6 is 0 Å². The van der Waals surface area contributed by atoms with Gasteiger partial charge in [-0.05, 0) is 19.4 Å². The number of hydrogen-bond donors (Lipinski definition) is 3. The third-order valence-corrected chi connectivity index (χ3v) is 3.09. The third-order valence-electron chi connectivity index (χ3n) is 3.09. The molecule has 70 valence electrons. The second kappa shape index (κ2) is 2.96. The molecule has 0 aromatic heterocycles. The van der Waals surface area contributed by atoms with E-state index >= 15 is 0 Å². The molecule has 0 amide bonds. The minimum absolute atomic E-state index is 0.0608. The third kappa shape index (κ3) is 0.992. The minimum Gasteiger partial charge on any atom is -0.395 e. The molecule has 0 aromatic rings. The summed E-state index contributed by atoms with van der Waals surface area (Å²) >= 11 is 0. The normalized spacial score (nSPS) is 48.2. The van der Waals surface area contributed by atoms with Gasteiger partial charge in [-0.2, -0.15) is 0 Å². The van der Waals surface area contributed by atoms with E-state index in [1.165, 1.54) is 0 Å². The Morgan fingerprint density at radius 1 is 1.25 bits per heavy atom. The average molecular weight is 173 g/mol. The molecule has 0 saturated carbocycles. The van der Waals surface area contributed by atoms with Crippen LogP contribution in [0.15, 0.2) is 0 Å². The summed E-state index contributed by atoms with van der Waals surface area (Å²) in [6, 6.07) is -0.162. The number of nitrogens with zero attached hydrogens (tertiary/aromatic N) is 1. The Kier molecular flexibility index (Phi) is 2.08. The molecule has 0 spiro atoms. The Morgan fingerprint density at radius 2 is 2.00 bits per heavy atom. The second-order valence-electron chi connectivity index (χ2n) is 3.68. The van der Waals surface area contributed by atoms with Gasteiger partial charge in [-0.15, -0.1) is 0 Å². The van der Waals surface area contributed by atoms with Crippen LogP contribution in [-0.4, -0.2) is 57.7 Å². The standard InChI is InChI=1S/C8H15NO3/c10-4-6-8(12)7(11)5-2-1-3-9(5)6/h5-8,10-12H,1-4H2/t5-,6+,7-,8+/m1/s1. The van der Waals surface area contributed by atoms with Gasteiger partial charge in [0.15, 0.2) is 0 Å². The largest absolute Gasteiger partial charge is 0.395 e. The van der Waals surface area contributed by atoms with Crippen LogP contribution in [0.4, 0.5) is 0 Å². The van der Waals surface area contributed by atoms with Crippen molar-refractivity contribution in [1.29, 1.82) is 0 Å². The molecule has 0 radical (unpaired) electrons. The van der Waals surface area contributed by atoms with Crippen LogP contribution in [0.2, 0.25) is 0 Å². The lowest BCUT2D eigenvalue weighted by molar-refractivity contribution is 0.0154. The van der Waals surface area contributed by atoms with Crippen molar-refractivity contribution in [1.82, 2.24) is 4.90 Å². The van der Waals surface area contributed by atoms with Crippen LogP contribution in [0.5, 0.6) is 0 Å². The molecule has 4 atom stereocenters. The van der Waals surface area contributed by atoms with Crippen molar-refractivity contribution in [3.05, 3.63) is 0 Å². The highest BCUT2D eigenvalue weighted by atomic mass is 16.3. The number of aliphatic hydroxyl groups excluding tert-OH is 3. The average Bonchev–Trinajstić information content (AvgIpc) is 2.59. The van der Waals surface area contributed by atoms with Gasteiger partial charge < -0.3 is 15.3 Å². The predicted octanol–water partition coefficient (Wildman–Crippen LogP) is -1.45. The van der Waals surface area contributed by atoms with E-state index in [9.17, 15) is 10.2 Å². The summed E-state index contributed by atoms with van der Waals surface area (Å²) in [5.41, 5.74) is 0. The van der Waals surface area contributed by atoms with E-state index in [1.54, 1.807) is 0 Å². The number of fused-ring (bicyclic) bond motifs is 1. The topological polar surface area (TPSA) is 63.9 Å². The van der Waals surface area contributed by atoms with Gasteiger partial charge >= 0.3 is 0 Å². The molecule has 0 aromatic carbocycles. The number of hydrogen-bond acceptors (Lipinski definition) is 4. The zero-order chi connectivity index (χ0) is 8.72. The van der Waals surface area contributed by atoms with E-state index in [0.717, 1.165) is 19.4 Å². The SMILES string of the molecule is OC[C@H]1[C@H](O)[C@H](O)[C@H]2CCCN21. The Balaban J connectivity index is 2.15. The van der Waals surface area contributed by atoms with Crippen LogP contribution in [0.1, 0.15) is 12.8 Å². The molecule has 4 nitrogen and oxygen atoms in total. The molecule has 3 N–H and O–H groups in total. The van der Waals surface area contributed by atoms with E-state index in [4.69, 9.17) is 5.11 Å². The molecule has 0 unspecified atom stereocenters. The lowest BCUT2D eigenvalue weighted by Crippen LogP contribution is -2.38. The summed E-state index contributed by atoms with van der Waals surface area (Å²) in [6.45, 7) is 0.832. The molecule has 2 rings (SSSR count). The maximum absolute atomic E-state index is 9.57. The van der Waals surface area contributed by atoms with Gasteiger partial charge in [0.2, 0.25) is 0 Å². The maximum Gasteiger partial charge on any atom is 0.0991 e. The van der Waals surface area contributed by atoms with Crippen molar-refractivity contribution in [2.45, 2.75) is 37.1 Å². The Bertz CT molecular complexity index is 174. The highest BCUT2D eigenvalue weighted by Gasteiger charge is 2.48. The zero-order valence-electron chi connectivity index (χ0n) is 6.93. The van der Waals surface area contributed by atoms with E-state index < -0.39 is 12.2 Å². The maximum atomic E-state index is 9.57. The van der Waals surface area contributed by atoms with E-state index in [2.05, 4.69) is 0 Å². The Morgan fingerprint density at radius 3 is 2.67 bits per heavy atom. The van der Waals surface area contributed by atoms with Crippen molar-refractivity contribution >= 4 is 0 Å². The van der Waals surface area contributed by atoms with E-state index in [0.29, 0.717) is 0 Å².